The highest BCUT2D eigenvalue weighted by atomic mass is 35.5. The minimum absolute atomic E-state index is 0.0214. The number of rotatable bonds is 5. The summed E-state index contributed by atoms with van der Waals surface area (Å²) in [7, 11) is 0. The molecule has 0 bridgehead atoms. The highest BCUT2D eigenvalue weighted by molar-refractivity contribution is 6.30. The molecule has 0 heterocycles. The zero-order valence-corrected chi connectivity index (χ0v) is 11.3. The van der Waals surface area contributed by atoms with Crippen molar-refractivity contribution >= 4 is 17.3 Å². The quantitative estimate of drug-likeness (QED) is 0.905. The number of anilines is 1. The Morgan fingerprint density at radius 2 is 1.95 bits per heavy atom. The van der Waals surface area contributed by atoms with Crippen LogP contribution in [0.4, 0.5) is 10.1 Å². The average molecular weight is 291 g/mol. The molecule has 0 amide bonds. The van der Waals surface area contributed by atoms with Gasteiger partial charge < -0.3 is 10.1 Å². The molecule has 5 heteroatoms. The number of hydrogen-bond acceptors (Lipinski definition) is 3. The maximum Gasteiger partial charge on any atom is 0.174 e. The molecule has 20 heavy (non-hydrogen) atoms. The first-order valence-corrected chi connectivity index (χ1v) is 6.34. The lowest BCUT2D eigenvalue weighted by molar-refractivity contribution is 0.368. The van der Waals surface area contributed by atoms with E-state index in [1.54, 1.807) is 24.3 Å². The lowest BCUT2D eigenvalue weighted by Crippen LogP contribution is -2.01. The Kier molecular flexibility index (Phi) is 4.80. The number of nitrogens with one attached hydrogen (secondary N) is 1. The van der Waals surface area contributed by atoms with Gasteiger partial charge in [-0.2, -0.15) is 5.26 Å². The Hall–Kier alpha value is -2.25. The van der Waals surface area contributed by atoms with E-state index in [9.17, 15) is 4.39 Å². The molecule has 0 unspecified atom stereocenters. The smallest absolute Gasteiger partial charge is 0.174 e. The first kappa shape index (κ1) is 14.2. The fourth-order valence-electron chi connectivity index (χ4n) is 1.65. The van der Waals surface area contributed by atoms with Gasteiger partial charge in [-0.3, -0.25) is 0 Å². The summed E-state index contributed by atoms with van der Waals surface area (Å²) in [6.07, 6.45) is 0. The molecule has 0 aliphatic carbocycles. The topological polar surface area (TPSA) is 45.0 Å². The number of halogens is 2. The van der Waals surface area contributed by atoms with Crippen LogP contribution in [0.2, 0.25) is 5.02 Å². The van der Waals surface area contributed by atoms with Gasteiger partial charge in [0.2, 0.25) is 0 Å². The normalized spacial score (nSPS) is 9.85. The second kappa shape index (κ2) is 6.78. The van der Waals surface area contributed by atoms with Gasteiger partial charge in [0.25, 0.3) is 0 Å². The van der Waals surface area contributed by atoms with Crippen molar-refractivity contribution < 1.29 is 9.13 Å². The van der Waals surface area contributed by atoms with Crippen LogP contribution in [0.15, 0.2) is 42.5 Å². The number of hydrogen-bond donors (Lipinski definition) is 1. The second-order valence-electron chi connectivity index (χ2n) is 4.07. The molecule has 0 spiro atoms. The standard InChI is InChI=1S/C15H12ClFN2O/c16-12-3-6-15(14(17)9-12)19-10-11-1-4-13(5-2-11)20-8-7-18/h1-6,9,19H,8,10H2. The Balaban J connectivity index is 1.95. The van der Waals surface area contributed by atoms with Crippen LogP contribution in [-0.2, 0) is 6.54 Å². The minimum atomic E-state index is -0.383. The fourth-order valence-corrected chi connectivity index (χ4v) is 1.81. The molecule has 3 nitrogen and oxygen atoms in total. The van der Waals surface area contributed by atoms with Crippen molar-refractivity contribution in [2.45, 2.75) is 6.54 Å². The number of nitrogens with zero attached hydrogens (tertiary/aromatic N) is 1. The predicted octanol–water partition coefficient (Wildman–Crippen LogP) is 3.99. The van der Waals surface area contributed by atoms with Crippen LogP contribution in [0, 0.1) is 17.1 Å². The SMILES string of the molecule is N#CCOc1ccc(CNc2ccc(Cl)cc2F)cc1. The first-order valence-electron chi connectivity index (χ1n) is 5.96. The molecule has 0 aromatic heterocycles. The summed E-state index contributed by atoms with van der Waals surface area (Å²) < 4.78 is 18.7. The van der Waals surface area contributed by atoms with Gasteiger partial charge in [-0.1, -0.05) is 23.7 Å². The molecule has 2 aromatic rings. The summed E-state index contributed by atoms with van der Waals surface area (Å²) in [5.41, 5.74) is 1.38. The lowest BCUT2D eigenvalue weighted by Gasteiger charge is -2.08. The Bertz CT molecular complexity index is 623. The van der Waals surface area contributed by atoms with Crippen LogP contribution in [0.3, 0.4) is 0 Å². The van der Waals surface area contributed by atoms with Crippen molar-refractivity contribution in [1.29, 1.82) is 5.26 Å². The highest BCUT2D eigenvalue weighted by Crippen LogP contribution is 2.20. The third-order valence-electron chi connectivity index (χ3n) is 2.64. The molecule has 0 aliphatic heterocycles. The van der Waals surface area contributed by atoms with E-state index in [1.165, 1.54) is 6.07 Å². The van der Waals surface area contributed by atoms with E-state index in [2.05, 4.69) is 5.32 Å². The molecular weight excluding hydrogens is 279 g/mol. The van der Waals surface area contributed by atoms with Crippen LogP contribution >= 0.6 is 11.6 Å². The maximum atomic E-state index is 13.6. The summed E-state index contributed by atoms with van der Waals surface area (Å²) in [4.78, 5) is 0. The number of nitriles is 1. The highest BCUT2D eigenvalue weighted by Gasteiger charge is 2.02. The van der Waals surface area contributed by atoms with Gasteiger partial charge in [0.15, 0.2) is 6.61 Å². The van der Waals surface area contributed by atoms with Gasteiger partial charge in [-0.25, -0.2) is 4.39 Å². The minimum Gasteiger partial charge on any atom is -0.479 e. The molecule has 0 aliphatic rings. The van der Waals surface area contributed by atoms with Crippen LogP contribution in [-0.4, -0.2) is 6.61 Å². The molecule has 2 rings (SSSR count). The van der Waals surface area contributed by atoms with Crippen LogP contribution in [0.5, 0.6) is 5.75 Å². The van der Waals surface area contributed by atoms with Gasteiger partial charge in [0, 0.05) is 11.6 Å². The van der Waals surface area contributed by atoms with Crippen LogP contribution in [0.1, 0.15) is 5.56 Å². The van der Waals surface area contributed by atoms with Crippen molar-refractivity contribution in [3.05, 3.63) is 58.9 Å². The summed E-state index contributed by atoms with van der Waals surface area (Å²) in [5.74, 6) is 0.249. The summed E-state index contributed by atoms with van der Waals surface area (Å²) in [6.45, 7) is 0.505. The monoisotopic (exact) mass is 290 g/mol. The van der Waals surface area contributed by atoms with E-state index in [0.717, 1.165) is 5.56 Å². The molecule has 0 saturated heterocycles. The second-order valence-corrected chi connectivity index (χ2v) is 4.50. The average Bonchev–Trinajstić information content (AvgIpc) is 2.45. The van der Waals surface area contributed by atoms with E-state index in [-0.39, 0.29) is 12.4 Å². The predicted molar refractivity (Wildman–Crippen MR) is 76.3 cm³/mol. The molecule has 2 aromatic carbocycles. The van der Waals surface area contributed by atoms with Crippen molar-refractivity contribution in [1.82, 2.24) is 0 Å². The largest absolute Gasteiger partial charge is 0.479 e. The third kappa shape index (κ3) is 3.87. The van der Waals surface area contributed by atoms with Gasteiger partial charge in [-0.15, -0.1) is 0 Å². The molecule has 102 valence electrons. The van der Waals surface area contributed by atoms with Gasteiger partial charge in [-0.05, 0) is 35.9 Å². The summed E-state index contributed by atoms with van der Waals surface area (Å²) >= 11 is 5.69. The Morgan fingerprint density at radius 3 is 2.60 bits per heavy atom. The molecular formula is C15H12ClFN2O. The van der Waals surface area contributed by atoms with E-state index in [4.69, 9.17) is 21.6 Å². The molecule has 0 radical (unpaired) electrons. The van der Waals surface area contributed by atoms with E-state index >= 15 is 0 Å². The zero-order valence-electron chi connectivity index (χ0n) is 10.6. The maximum absolute atomic E-state index is 13.6. The van der Waals surface area contributed by atoms with Gasteiger partial charge in [0.1, 0.15) is 17.6 Å². The first-order chi connectivity index (χ1) is 9.69. The summed E-state index contributed by atoms with van der Waals surface area (Å²) in [6, 6.07) is 13.6. The fraction of sp³-hybridized carbons (Fsp3) is 0.133. The molecule has 0 fully saturated rings. The van der Waals surface area contributed by atoms with E-state index in [1.807, 2.05) is 18.2 Å². The molecule has 0 saturated carbocycles. The van der Waals surface area contributed by atoms with E-state index in [0.29, 0.717) is 23.0 Å². The van der Waals surface area contributed by atoms with Crippen molar-refractivity contribution in [3.63, 3.8) is 0 Å². The Labute approximate surface area is 121 Å². The lowest BCUT2D eigenvalue weighted by atomic mass is 10.2. The van der Waals surface area contributed by atoms with Crippen molar-refractivity contribution in [3.8, 4) is 11.8 Å². The van der Waals surface area contributed by atoms with Crippen molar-refractivity contribution in [2.24, 2.45) is 0 Å². The van der Waals surface area contributed by atoms with Crippen LogP contribution < -0.4 is 10.1 Å². The van der Waals surface area contributed by atoms with E-state index < -0.39 is 0 Å². The number of ether oxygens (including phenoxy) is 1. The van der Waals surface area contributed by atoms with Gasteiger partial charge >= 0.3 is 0 Å². The molecule has 1 N–H and O–H groups in total. The van der Waals surface area contributed by atoms with Gasteiger partial charge in [0.05, 0.1) is 5.69 Å². The van der Waals surface area contributed by atoms with Crippen LogP contribution in [0.25, 0.3) is 0 Å². The third-order valence-corrected chi connectivity index (χ3v) is 2.88. The molecule has 0 atom stereocenters. The number of benzene rings is 2. The zero-order chi connectivity index (χ0) is 14.4. The van der Waals surface area contributed by atoms with Crippen molar-refractivity contribution in [2.75, 3.05) is 11.9 Å². The Morgan fingerprint density at radius 1 is 1.20 bits per heavy atom. The summed E-state index contributed by atoms with van der Waals surface area (Å²) in [5, 5.41) is 11.8.